The highest BCUT2D eigenvalue weighted by molar-refractivity contribution is 6.20. The zero-order chi connectivity index (χ0) is 6.41. The molecule has 1 unspecified atom stereocenters. The number of nitrogens with zero attached hydrogens (tertiary/aromatic N) is 1. The Balaban J connectivity index is 2.81. The van der Waals surface area contributed by atoms with Crippen LogP contribution in [0.4, 0.5) is 0 Å². The summed E-state index contributed by atoms with van der Waals surface area (Å²) < 4.78 is 0. The summed E-state index contributed by atoms with van der Waals surface area (Å²) in [6, 6.07) is 0. The Bertz CT molecular complexity index is 67.1. The van der Waals surface area contributed by atoms with E-state index in [4.69, 9.17) is 11.6 Å². The van der Waals surface area contributed by atoms with Gasteiger partial charge < -0.3 is 4.84 Å². The minimum Gasteiger partial charge on any atom is -0.353 e. The first-order chi connectivity index (χ1) is 3.77. The quantitative estimate of drug-likeness (QED) is 0.242. The van der Waals surface area contributed by atoms with Gasteiger partial charge in [0, 0.05) is 5.38 Å². The van der Waals surface area contributed by atoms with Gasteiger partial charge in [-0.1, -0.05) is 0 Å². The van der Waals surface area contributed by atoms with Crippen molar-refractivity contribution in [1.82, 2.24) is 5.48 Å². The molecule has 0 spiro atoms. The van der Waals surface area contributed by atoms with Gasteiger partial charge in [-0.25, -0.2) is 0 Å². The molecule has 0 amide bonds. The summed E-state index contributed by atoms with van der Waals surface area (Å²) in [7, 11) is 0. The van der Waals surface area contributed by atoms with Crippen molar-refractivity contribution in [3.8, 4) is 0 Å². The molecule has 1 radical (unpaired) electrons. The Morgan fingerprint density at radius 1 is 2.00 bits per heavy atom. The maximum absolute atomic E-state index is 9.43. The number of carbonyl (C=O) groups is 1. The number of hydrogen-bond donors (Lipinski definition) is 0. The highest BCUT2D eigenvalue weighted by atomic mass is 35.5. The van der Waals surface area contributed by atoms with E-state index in [1.807, 2.05) is 0 Å². The third-order valence-corrected chi connectivity index (χ3v) is 0.582. The zero-order valence-corrected chi connectivity index (χ0v) is 5.26. The molecule has 4 heteroatoms. The molecule has 0 saturated heterocycles. The molecule has 0 aromatic rings. The van der Waals surface area contributed by atoms with Crippen molar-refractivity contribution in [2.45, 2.75) is 12.3 Å². The van der Waals surface area contributed by atoms with Gasteiger partial charge in [-0.3, -0.25) is 4.79 Å². The molecule has 0 fully saturated rings. The maximum atomic E-state index is 9.43. The van der Waals surface area contributed by atoms with E-state index < -0.39 is 0 Å². The van der Waals surface area contributed by atoms with Crippen LogP contribution in [0.3, 0.4) is 0 Å². The molecular weight excluding hydrogens is 130 g/mol. The molecule has 0 aliphatic rings. The molecule has 0 aromatic heterocycles. The van der Waals surface area contributed by atoms with Gasteiger partial charge in [-0.2, -0.15) is 0 Å². The van der Waals surface area contributed by atoms with Crippen molar-refractivity contribution in [2.24, 2.45) is 0 Å². The summed E-state index contributed by atoms with van der Waals surface area (Å²) in [5.41, 5.74) is 3.29. The molecule has 0 bridgehead atoms. The van der Waals surface area contributed by atoms with Crippen LogP contribution in [0.5, 0.6) is 0 Å². The SMILES string of the molecule is CC(Cl)C[N]OC=O. The van der Waals surface area contributed by atoms with E-state index in [9.17, 15) is 4.79 Å². The largest absolute Gasteiger partial charge is 0.353 e. The summed E-state index contributed by atoms with van der Waals surface area (Å²) in [6.07, 6.45) is 0. The van der Waals surface area contributed by atoms with E-state index in [1.54, 1.807) is 6.92 Å². The number of hydrogen-bond acceptors (Lipinski definition) is 2. The first-order valence-electron chi connectivity index (χ1n) is 2.17. The molecular formula is C4H7ClNO2. The topological polar surface area (TPSA) is 40.4 Å². The summed E-state index contributed by atoms with van der Waals surface area (Å²) in [4.78, 5) is 13.4. The second-order valence-corrected chi connectivity index (χ2v) is 2.04. The number of halogens is 1. The van der Waals surface area contributed by atoms with E-state index >= 15 is 0 Å². The Morgan fingerprint density at radius 3 is 3.00 bits per heavy atom. The molecule has 0 N–H and O–H groups in total. The average molecular weight is 137 g/mol. The summed E-state index contributed by atoms with van der Waals surface area (Å²) >= 11 is 5.42. The molecule has 3 nitrogen and oxygen atoms in total. The Kier molecular flexibility index (Phi) is 4.70. The smallest absolute Gasteiger partial charge is 0.315 e. The lowest BCUT2D eigenvalue weighted by molar-refractivity contribution is -0.135. The summed E-state index contributed by atoms with van der Waals surface area (Å²) in [5.74, 6) is 0. The normalized spacial score (nSPS) is 12.8. The third kappa shape index (κ3) is 5.72. The second-order valence-electron chi connectivity index (χ2n) is 1.29. The van der Waals surface area contributed by atoms with Crippen LogP contribution in [-0.2, 0) is 9.63 Å². The first kappa shape index (κ1) is 7.72. The lowest BCUT2D eigenvalue weighted by atomic mass is 10.5. The van der Waals surface area contributed by atoms with Gasteiger partial charge >= 0.3 is 6.47 Å². The van der Waals surface area contributed by atoms with Crippen molar-refractivity contribution in [1.29, 1.82) is 0 Å². The van der Waals surface area contributed by atoms with Gasteiger partial charge in [-0.15, -0.1) is 11.6 Å². The summed E-state index contributed by atoms with van der Waals surface area (Å²) in [5, 5.41) is -0.0741. The van der Waals surface area contributed by atoms with Crippen molar-refractivity contribution in [2.75, 3.05) is 6.54 Å². The van der Waals surface area contributed by atoms with Crippen molar-refractivity contribution in [3.05, 3.63) is 0 Å². The highest BCUT2D eigenvalue weighted by Gasteiger charge is 1.94. The standard InChI is InChI=1S/C4H7ClNO2/c1-4(5)2-6-8-3-7/h3-4H,2H2,1H3. The van der Waals surface area contributed by atoms with E-state index in [-0.39, 0.29) is 11.8 Å². The molecule has 0 aliphatic heterocycles. The number of hydroxylamine groups is 1. The lowest BCUT2D eigenvalue weighted by Crippen LogP contribution is -2.13. The van der Waals surface area contributed by atoms with E-state index in [0.29, 0.717) is 6.54 Å². The van der Waals surface area contributed by atoms with Crippen LogP contribution in [0, 0.1) is 0 Å². The van der Waals surface area contributed by atoms with Gasteiger partial charge in [0.05, 0.1) is 6.54 Å². The average Bonchev–Trinajstić information content (AvgIpc) is 1.66. The van der Waals surface area contributed by atoms with Gasteiger partial charge in [-0.05, 0) is 12.4 Å². The number of rotatable bonds is 4. The lowest BCUT2D eigenvalue weighted by Gasteiger charge is -1.96. The van der Waals surface area contributed by atoms with Crippen LogP contribution >= 0.6 is 11.6 Å². The molecule has 0 heterocycles. The van der Waals surface area contributed by atoms with Crippen LogP contribution in [0.25, 0.3) is 0 Å². The molecule has 8 heavy (non-hydrogen) atoms. The minimum absolute atomic E-state index is 0.0741. The van der Waals surface area contributed by atoms with Crippen molar-refractivity contribution in [3.63, 3.8) is 0 Å². The van der Waals surface area contributed by atoms with Crippen molar-refractivity contribution >= 4 is 18.1 Å². The molecule has 0 rings (SSSR count). The fraction of sp³-hybridized carbons (Fsp3) is 0.750. The van der Waals surface area contributed by atoms with E-state index in [1.165, 1.54) is 0 Å². The predicted molar refractivity (Wildman–Crippen MR) is 29.5 cm³/mol. The fourth-order valence-corrected chi connectivity index (χ4v) is 0.233. The number of alkyl halides is 1. The third-order valence-electron chi connectivity index (χ3n) is 0.444. The fourth-order valence-electron chi connectivity index (χ4n) is 0.176. The van der Waals surface area contributed by atoms with E-state index in [2.05, 4.69) is 10.3 Å². The highest BCUT2D eigenvalue weighted by Crippen LogP contribution is 1.89. The van der Waals surface area contributed by atoms with Crippen LogP contribution < -0.4 is 5.48 Å². The Labute approximate surface area is 52.9 Å². The molecule has 0 aliphatic carbocycles. The van der Waals surface area contributed by atoms with Gasteiger partial charge in [0.1, 0.15) is 0 Å². The maximum Gasteiger partial charge on any atom is 0.315 e. The van der Waals surface area contributed by atoms with Gasteiger partial charge in [0.2, 0.25) is 0 Å². The molecule has 1 atom stereocenters. The summed E-state index contributed by atoms with van der Waals surface area (Å²) in [6.45, 7) is 2.37. The van der Waals surface area contributed by atoms with Crippen LogP contribution in [0.15, 0.2) is 0 Å². The van der Waals surface area contributed by atoms with Crippen LogP contribution in [0.1, 0.15) is 6.92 Å². The minimum atomic E-state index is -0.0741. The second kappa shape index (κ2) is 4.87. The van der Waals surface area contributed by atoms with Gasteiger partial charge in [0.25, 0.3) is 0 Å². The predicted octanol–water partition coefficient (Wildman–Crippen LogP) is 0.306. The molecule has 47 valence electrons. The molecule has 0 saturated carbocycles. The van der Waals surface area contributed by atoms with Crippen LogP contribution in [0.2, 0.25) is 0 Å². The number of carbonyl (C=O) groups excluding carboxylic acids is 1. The zero-order valence-electron chi connectivity index (χ0n) is 4.50. The van der Waals surface area contributed by atoms with Crippen LogP contribution in [-0.4, -0.2) is 18.4 Å². The van der Waals surface area contributed by atoms with Crippen molar-refractivity contribution < 1.29 is 9.63 Å². The van der Waals surface area contributed by atoms with Gasteiger partial charge in [0.15, 0.2) is 0 Å². The monoisotopic (exact) mass is 136 g/mol. The first-order valence-corrected chi connectivity index (χ1v) is 2.61. The molecule has 0 aromatic carbocycles. The van der Waals surface area contributed by atoms with E-state index in [0.717, 1.165) is 0 Å². The Morgan fingerprint density at radius 2 is 2.62 bits per heavy atom. The Hall–Kier alpha value is -0.280.